The molecule has 3 atom stereocenters. The average molecular weight is 526 g/mol. The number of aliphatic hydroxyl groups excluding tert-OH is 1. The molecule has 0 aliphatic rings. The summed E-state index contributed by atoms with van der Waals surface area (Å²) in [6, 6.07) is 9.83. The fraction of sp³-hybridized carbons (Fsp3) is 0.292. The van der Waals surface area contributed by atoms with Crippen molar-refractivity contribution in [3.63, 3.8) is 0 Å². The first-order chi connectivity index (χ1) is 17.8. The van der Waals surface area contributed by atoms with E-state index >= 15 is 0 Å². The van der Waals surface area contributed by atoms with E-state index in [-0.39, 0.29) is 12.2 Å². The lowest BCUT2D eigenvalue weighted by Crippen LogP contribution is -2.39. The highest BCUT2D eigenvalue weighted by molar-refractivity contribution is 7.77. The van der Waals surface area contributed by atoms with Crippen molar-refractivity contribution in [1.82, 2.24) is 34.4 Å². The average Bonchev–Trinajstić information content (AvgIpc) is 3.30. The van der Waals surface area contributed by atoms with E-state index in [1.807, 2.05) is 26.0 Å². The smallest absolute Gasteiger partial charge is 0.232 e. The maximum Gasteiger partial charge on any atom is 0.232 e. The van der Waals surface area contributed by atoms with Crippen LogP contribution in [0.25, 0.3) is 17.2 Å². The van der Waals surface area contributed by atoms with Gasteiger partial charge in [0, 0.05) is 24.5 Å². The predicted octanol–water partition coefficient (Wildman–Crippen LogP) is 2.12. The molecule has 4 rings (SSSR count). The van der Waals surface area contributed by atoms with Crippen molar-refractivity contribution >= 4 is 11.3 Å². The third-order valence-corrected chi connectivity index (χ3v) is 6.08. The molecule has 0 saturated heterocycles. The van der Waals surface area contributed by atoms with Crippen molar-refractivity contribution < 1.29 is 23.3 Å². The van der Waals surface area contributed by atoms with Crippen molar-refractivity contribution in [2.75, 3.05) is 14.2 Å². The van der Waals surface area contributed by atoms with E-state index in [2.05, 4.69) is 29.9 Å². The zero-order valence-electron chi connectivity index (χ0n) is 20.7. The maximum absolute atomic E-state index is 11.8. The van der Waals surface area contributed by atoms with Crippen LogP contribution in [-0.2, 0) is 17.7 Å². The van der Waals surface area contributed by atoms with E-state index < -0.39 is 23.4 Å². The molecule has 1 unspecified atom stereocenters. The number of nitrogens with zero attached hydrogens (tertiary/aromatic N) is 6. The van der Waals surface area contributed by atoms with Gasteiger partial charge >= 0.3 is 0 Å². The van der Waals surface area contributed by atoms with Gasteiger partial charge in [-0.05, 0) is 43.7 Å². The summed E-state index contributed by atoms with van der Waals surface area (Å²) in [4.78, 5) is 12.9. The van der Waals surface area contributed by atoms with Crippen LogP contribution in [0.1, 0.15) is 29.0 Å². The molecule has 3 N–H and O–H groups in total. The Kier molecular flexibility index (Phi) is 8.18. The van der Waals surface area contributed by atoms with Gasteiger partial charge in [0.2, 0.25) is 11.3 Å². The molecule has 0 amide bonds. The van der Waals surface area contributed by atoms with Crippen molar-refractivity contribution in [2.45, 2.75) is 32.4 Å². The summed E-state index contributed by atoms with van der Waals surface area (Å²) < 4.78 is 36.8. The number of nitrogens with one attached hydrogen (secondary N) is 1. The van der Waals surface area contributed by atoms with Crippen LogP contribution < -0.4 is 14.2 Å². The van der Waals surface area contributed by atoms with E-state index in [1.165, 1.54) is 14.2 Å². The summed E-state index contributed by atoms with van der Waals surface area (Å²) in [7, 11) is 3.06. The van der Waals surface area contributed by atoms with Gasteiger partial charge in [-0.25, -0.2) is 23.9 Å². The molecule has 0 radical (unpaired) electrons. The highest BCUT2D eigenvalue weighted by Crippen LogP contribution is 2.36. The van der Waals surface area contributed by atoms with Gasteiger partial charge in [-0.3, -0.25) is 9.12 Å². The quantitative estimate of drug-likeness (QED) is 0.262. The molecule has 194 valence electrons. The maximum atomic E-state index is 11.8. The number of ether oxygens (including phenoxy) is 2. The van der Waals surface area contributed by atoms with Gasteiger partial charge in [-0.1, -0.05) is 12.1 Å². The van der Waals surface area contributed by atoms with Crippen LogP contribution in [0, 0.1) is 13.8 Å². The molecule has 13 heteroatoms. The van der Waals surface area contributed by atoms with E-state index in [4.69, 9.17) is 9.47 Å². The minimum atomic E-state index is -2.45. The fourth-order valence-electron chi connectivity index (χ4n) is 3.85. The second kappa shape index (κ2) is 11.5. The second-order valence-electron chi connectivity index (χ2n) is 8.19. The topological polar surface area (TPSA) is 157 Å². The van der Waals surface area contributed by atoms with Gasteiger partial charge < -0.3 is 14.6 Å². The first-order valence-corrected chi connectivity index (χ1v) is 12.4. The Bertz CT molecular complexity index is 1370. The van der Waals surface area contributed by atoms with E-state index in [0.29, 0.717) is 34.5 Å². The number of hydrogen-bond acceptors (Lipinski definition) is 9. The molecular weight excluding hydrogens is 498 g/mol. The zero-order chi connectivity index (χ0) is 26.5. The Morgan fingerprint density at radius 3 is 2.27 bits per heavy atom. The van der Waals surface area contributed by atoms with Crippen LogP contribution in [0.4, 0.5) is 0 Å². The summed E-state index contributed by atoms with van der Waals surface area (Å²) in [6.07, 6.45) is 1.75. The van der Waals surface area contributed by atoms with Crippen molar-refractivity contribution in [1.29, 1.82) is 0 Å². The number of rotatable bonds is 10. The second-order valence-corrected chi connectivity index (χ2v) is 8.93. The summed E-state index contributed by atoms with van der Waals surface area (Å²) in [5.41, 5.74) is 2.65. The Morgan fingerprint density at radius 2 is 1.68 bits per heavy atom. The Morgan fingerprint density at radius 1 is 1.03 bits per heavy atom. The van der Waals surface area contributed by atoms with E-state index in [1.54, 1.807) is 41.2 Å². The predicted molar refractivity (Wildman–Crippen MR) is 136 cm³/mol. The van der Waals surface area contributed by atoms with Crippen molar-refractivity contribution in [2.24, 2.45) is 0 Å². The molecule has 3 aromatic heterocycles. The SMILES string of the molecule is COc1cccc(OC)c1-n1c(C[C@H](NS(=O)O)[C@H](O)c2ncc(C)cn2)nnc1-c1cccc(C)n1. The lowest BCUT2D eigenvalue weighted by atomic mass is 10.1. The molecule has 12 nitrogen and oxygen atoms in total. The van der Waals surface area contributed by atoms with Crippen LogP contribution in [0.2, 0.25) is 0 Å². The molecule has 0 fully saturated rings. The third-order valence-electron chi connectivity index (χ3n) is 5.57. The van der Waals surface area contributed by atoms with Crippen molar-refractivity contribution in [3.05, 3.63) is 71.7 Å². The summed E-state index contributed by atoms with van der Waals surface area (Å²) in [5, 5.41) is 19.8. The number of aromatic nitrogens is 6. The molecule has 0 aliphatic heterocycles. The first kappa shape index (κ1) is 26.3. The highest BCUT2D eigenvalue weighted by Gasteiger charge is 2.30. The zero-order valence-corrected chi connectivity index (χ0v) is 21.5. The van der Waals surface area contributed by atoms with Crippen LogP contribution in [0.3, 0.4) is 0 Å². The molecule has 0 aliphatic carbocycles. The van der Waals surface area contributed by atoms with Crippen molar-refractivity contribution in [3.8, 4) is 28.7 Å². The van der Waals surface area contributed by atoms with Gasteiger partial charge in [0.15, 0.2) is 11.6 Å². The Hall–Kier alpha value is -3.78. The number of para-hydroxylation sites is 1. The number of hydrogen-bond donors (Lipinski definition) is 3. The summed E-state index contributed by atoms with van der Waals surface area (Å²) in [5.74, 6) is 1.79. The van der Waals surface area contributed by atoms with Crippen LogP contribution in [0.15, 0.2) is 48.8 Å². The summed E-state index contributed by atoms with van der Waals surface area (Å²) in [6.45, 7) is 3.68. The van der Waals surface area contributed by atoms with Crippen LogP contribution in [0.5, 0.6) is 11.5 Å². The number of methoxy groups -OCH3 is 2. The standard InChI is InChI=1S/C24H27N7O5S/c1-14-12-25-23(26-13-14)22(32)17(30-37(33)34)11-20-28-29-24(16-8-5-7-15(2)27-16)31(20)21-18(35-3)9-6-10-19(21)36-4/h5-10,12-13,17,22,30,32H,11H2,1-4H3,(H,33,34)/t17-,22-/m0/s1. The minimum absolute atomic E-state index is 0.0370. The molecule has 0 bridgehead atoms. The lowest BCUT2D eigenvalue weighted by molar-refractivity contribution is 0.128. The van der Waals surface area contributed by atoms with Gasteiger partial charge in [-0.2, -0.15) is 0 Å². The summed E-state index contributed by atoms with van der Waals surface area (Å²) >= 11 is -2.45. The van der Waals surface area contributed by atoms with Gasteiger partial charge in [-0.15, -0.1) is 10.2 Å². The highest BCUT2D eigenvalue weighted by atomic mass is 32.2. The molecule has 37 heavy (non-hydrogen) atoms. The largest absolute Gasteiger partial charge is 0.494 e. The number of pyridine rings is 1. The first-order valence-electron chi connectivity index (χ1n) is 11.3. The van der Waals surface area contributed by atoms with Gasteiger partial charge in [0.05, 0.1) is 20.3 Å². The van der Waals surface area contributed by atoms with Crippen LogP contribution >= 0.6 is 0 Å². The normalized spacial score (nSPS) is 13.7. The number of aliphatic hydroxyl groups is 1. The lowest BCUT2D eigenvalue weighted by Gasteiger charge is -2.22. The van der Waals surface area contributed by atoms with Gasteiger partial charge in [0.1, 0.15) is 34.8 Å². The molecule has 4 aromatic rings. The molecule has 3 heterocycles. The molecular formula is C24H27N7O5S. The third kappa shape index (κ3) is 5.80. The monoisotopic (exact) mass is 525 g/mol. The molecule has 0 spiro atoms. The Balaban J connectivity index is 1.88. The Labute approximate surface area is 216 Å². The fourth-order valence-corrected chi connectivity index (χ4v) is 4.32. The van der Waals surface area contributed by atoms with E-state index in [9.17, 15) is 13.9 Å². The van der Waals surface area contributed by atoms with E-state index in [0.717, 1.165) is 11.3 Å². The molecule has 1 aromatic carbocycles. The minimum Gasteiger partial charge on any atom is -0.494 e. The molecule has 0 saturated carbocycles. The number of benzene rings is 1. The van der Waals surface area contributed by atoms with Crippen LogP contribution in [-0.4, -0.2) is 63.8 Å². The number of aryl methyl sites for hydroxylation is 2. The van der Waals surface area contributed by atoms with Gasteiger partial charge in [0.25, 0.3) is 0 Å².